The summed E-state index contributed by atoms with van der Waals surface area (Å²) < 4.78 is 23.2. The van der Waals surface area contributed by atoms with Crippen molar-refractivity contribution in [2.45, 2.75) is 38.5 Å². The summed E-state index contributed by atoms with van der Waals surface area (Å²) in [4.78, 5) is 2.23. The lowest BCUT2D eigenvalue weighted by Crippen LogP contribution is -2.50. The molecule has 1 aliphatic heterocycles. The summed E-state index contributed by atoms with van der Waals surface area (Å²) in [5.74, 6) is 0.267. The molecule has 0 spiro atoms. The number of sulfone groups is 1. The molecule has 1 rings (SSSR count). The number of piperazine rings is 1. The van der Waals surface area contributed by atoms with Crippen molar-refractivity contribution in [1.82, 2.24) is 10.2 Å². The zero-order chi connectivity index (χ0) is 12.4. The Morgan fingerprint density at radius 2 is 2.00 bits per heavy atom. The van der Waals surface area contributed by atoms with Crippen LogP contribution in [0.3, 0.4) is 0 Å². The highest BCUT2D eigenvalue weighted by Gasteiger charge is 2.29. The number of hydrogen-bond donors (Lipinski definition) is 1. The molecule has 1 fully saturated rings. The maximum Gasteiger partial charge on any atom is 0.156 e. The van der Waals surface area contributed by atoms with E-state index in [1.54, 1.807) is 20.8 Å². The summed E-state index contributed by atoms with van der Waals surface area (Å²) in [5.41, 5.74) is 0. The highest BCUT2D eigenvalue weighted by Crippen LogP contribution is 2.16. The van der Waals surface area contributed by atoms with E-state index in [1.165, 1.54) is 0 Å². The normalized spacial score (nSPS) is 24.6. The van der Waals surface area contributed by atoms with E-state index in [4.69, 9.17) is 0 Å². The van der Waals surface area contributed by atoms with Crippen LogP contribution < -0.4 is 5.32 Å². The first-order chi connectivity index (χ1) is 7.22. The quantitative estimate of drug-likeness (QED) is 0.790. The Labute approximate surface area is 99.3 Å². The molecule has 1 N–H and O–H groups in total. The molecule has 0 aromatic carbocycles. The van der Waals surface area contributed by atoms with Crippen LogP contribution in [0.1, 0.15) is 27.7 Å². The van der Waals surface area contributed by atoms with Gasteiger partial charge < -0.3 is 5.32 Å². The van der Waals surface area contributed by atoms with Crippen LogP contribution >= 0.6 is 0 Å². The van der Waals surface area contributed by atoms with Gasteiger partial charge in [0.05, 0.1) is 10.5 Å². The average molecular weight is 248 g/mol. The van der Waals surface area contributed by atoms with Gasteiger partial charge in [-0.15, -0.1) is 0 Å². The SMILES string of the molecule is C[C@H]1CN(CCS(=O)(=O)C(C)(C)C)CCN1. The van der Waals surface area contributed by atoms with Gasteiger partial charge in [0.2, 0.25) is 0 Å². The molecule has 1 saturated heterocycles. The third-order valence-electron chi connectivity index (χ3n) is 3.06. The molecular weight excluding hydrogens is 224 g/mol. The zero-order valence-electron chi connectivity index (χ0n) is 10.8. The van der Waals surface area contributed by atoms with Crippen LogP contribution in [0.5, 0.6) is 0 Å². The molecule has 0 amide bonds. The summed E-state index contributed by atoms with van der Waals surface area (Å²) in [7, 11) is -2.98. The first-order valence-electron chi connectivity index (χ1n) is 5.90. The Balaban J connectivity index is 2.46. The summed E-state index contributed by atoms with van der Waals surface area (Å²) in [5, 5.41) is 3.35. The minimum atomic E-state index is -2.98. The van der Waals surface area contributed by atoms with Gasteiger partial charge in [-0.3, -0.25) is 4.90 Å². The lowest BCUT2D eigenvalue weighted by Gasteiger charge is -2.32. The van der Waals surface area contributed by atoms with Crippen molar-refractivity contribution in [3.8, 4) is 0 Å². The predicted molar refractivity (Wildman–Crippen MR) is 67.4 cm³/mol. The molecular formula is C11H24N2O2S. The van der Waals surface area contributed by atoms with E-state index >= 15 is 0 Å². The summed E-state index contributed by atoms with van der Waals surface area (Å²) in [6.45, 7) is 10.9. The molecule has 1 atom stereocenters. The van der Waals surface area contributed by atoms with Crippen molar-refractivity contribution < 1.29 is 8.42 Å². The van der Waals surface area contributed by atoms with Crippen LogP contribution in [-0.4, -0.2) is 56.0 Å². The smallest absolute Gasteiger partial charge is 0.156 e. The number of rotatable bonds is 3. The fourth-order valence-electron chi connectivity index (χ4n) is 1.77. The maximum atomic E-state index is 11.9. The largest absolute Gasteiger partial charge is 0.312 e. The van der Waals surface area contributed by atoms with Gasteiger partial charge >= 0.3 is 0 Å². The van der Waals surface area contributed by atoms with Crippen molar-refractivity contribution in [3.63, 3.8) is 0 Å². The average Bonchev–Trinajstić information content (AvgIpc) is 2.13. The van der Waals surface area contributed by atoms with Crippen LogP contribution in [0.25, 0.3) is 0 Å². The van der Waals surface area contributed by atoms with Crippen molar-refractivity contribution in [3.05, 3.63) is 0 Å². The molecule has 96 valence electrons. The van der Waals surface area contributed by atoms with E-state index in [-0.39, 0.29) is 5.75 Å². The topological polar surface area (TPSA) is 49.4 Å². The summed E-state index contributed by atoms with van der Waals surface area (Å²) >= 11 is 0. The first kappa shape index (κ1) is 13.9. The van der Waals surface area contributed by atoms with Crippen molar-refractivity contribution in [1.29, 1.82) is 0 Å². The summed E-state index contributed by atoms with van der Waals surface area (Å²) in [6.07, 6.45) is 0. The van der Waals surface area contributed by atoms with E-state index in [0.717, 1.165) is 19.6 Å². The van der Waals surface area contributed by atoms with Crippen LogP contribution in [0.4, 0.5) is 0 Å². The molecule has 0 unspecified atom stereocenters. The van der Waals surface area contributed by atoms with Gasteiger partial charge in [-0.05, 0) is 27.7 Å². The van der Waals surface area contributed by atoms with Crippen LogP contribution in [0.15, 0.2) is 0 Å². The highest BCUT2D eigenvalue weighted by molar-refractivity contribution is 7.92. The second kappa shape index (κ2) is 5.02. The van der Waals surface area contributed by atoms with Gasteiger partial charge in [-0.2, -0.15) is 0 Å². The Kier molecular flexibility index (Phi) is 4.37. The molecule has 0 radical (unpaired) electrons. The minimum Gasteiger partial charge on any atom is -0.312 e. The van der Waals surface area contributed by atoms with E-state index < -0.39 is 14.6 Å². The molecule has 1 heterocycles. The maximum absolute atomic E-state index is 11.9. The molecule has 0 bridgehead atoms. The Hall–Kier alpha value is -0.130. The molecule has 0 aliphatic carbocycles. The highest BCUT2D eigenvalue weighted by atomic mass is 32.2. The first-order valence-corrected chi connectivity index (χ1v) is 7.55. The molecule has 1 aliphatic rings. The number of hydrogen-bond acceptors (Lipinski definition) is 4. The lowest BCUT2D eigenvalue weighted by molar-refractivity contribution is 0.217. The minimum absolute atomic E-state index is 0.267. The fraction of sp³-hybridized carbons (Fsp3) is 1.00. The van der Waals surface area contributed by atoms with Gasteiger partial charge in [0, 0.05) is 32.2 Å². The molecule has 5 heteroatoms. The van der Waals surface area contributed by atoms with Gasteiger partial charge in [0.15, 0.2) is 9.84 Å². The Bertz CT molecular complexity index is 319. The van der Waals surface area contributed by atoms with Crippen LogP contribution in [-0.2, 0) is 9.84 Å². The van der Waals surface area contributed by atoms with Gasteiger partial charge in [-0.25, -0.2) is 8.42 Å². The molecule has 0 saturated carbocycles. The third-order valence-corrected chi connectivity index (χ3v) is 5.65. The van der Waals surface area contributed by atoms with Crippen LogP contribution in [0.2, 0.25) is 0 Å². The molecule has 0 aromatic rings. The lowest BCUT2D eigenvalue weighted by atomic mass is 10.2. The second-order valence-corrected chi connectivity index (χ2v) is 8.45. The molecule has 0 aromatic heterocycles. The van der Waals surface area contributed by atoms with E-state index in [1.807, 2.05) is 0 Å². The standard InChI is InChI=1S/C11H24N2O2S/c1-10-9-13(6-5-12-10)7-8-16(14,15)11(2,3)4/h10,12H,5-9H2,1-4H3/t10-/m0/s1. The monoisotopic (exact) mass is 248 g/mol. The summed E-state index contributed by atoms with van der Waals surface area (Å²) in [6, 6.07) is 0.464. The number of nitrogens with zero attached hydrogens (tertiary/aromatic N) is 1. The van der Waals surface area contributed by atoms with Gasteiger partial charge in [0.25, 0.3) is 0 Å². The molecule has 16 heavy (non-hydrogen) atoms. The Morgan fingerprint density at radius 3 is 2.50 bits per heavy atom. The molecule has 4 nitrogen and oxygen atoms in total. The predicted octanol–water partition coefficient (Wildman–Crippen LogP) is 0.493. The van der Waals surface area contributed by atoms with E-state index in [2.05, 4.69) is 17.1 Å². The van der Waals surface area contributed by atoms with Crippen LogP contribution in [0, 0.1) is 0 Å². The van der Waals surface area contributed by atoms with Gasteiger partial charge in [0.1, 0.15) is 0 Å². The van der Waals surface area contributed by atoms with E-state index in [0.29, 0.717) is 12.6 Å². The second-order valence-electron chi connectivity index (χ2n) is 5.59. The van der Waals surface area contributed by atoms with Crippen molar-refractivity contribution in [2.75, 3.05) is 31.9 Å². The third kappa shape index (κ3) is 3.71. The zero-order valence-corrected chi connectivity index (χ0v) is 11.6. The number of nitrogens with one attached hydrogen (secondary N) is 1. The van der Waals surface area contributed by atoms with E-state index in [9.17, 15) is 8.42 Å². The van der Waals surface area contributed by atoms with Gasteiger partial charge in [-0.1, -0.05) is 0 Å². The Morgan fingerprint density at radius 1 is 1.38 bits per heavy atom. The fourth-order valence-corrected chi connectivity index (χ4v) is 2.88. The van der Waals surface area contributed by atoms with Crippen molar-refractivity contribution in [2.24, 2.45) is 0 Å². The van der Waals surface area contributed by atoms with Crippen molar-refractivity contribution >= 4 is 9.84 Å².